The van der Waals surface area contributed by atoms with Gasteiger partial charge in [0, 0.05) is 28.4 Å². The number of aliphatic carboxylic acids is 1. The van der Waals surface area contributed by atoms with Gasteiger partial charge in [-0.3, -0.25) is 14.9 Å². The number of benzene rings is 2. The van der Waals surface area contributed by atoms with Gasteiger partial charge in [-0.1, -0.05) is 48.5 Å². The summed E-state index contributed by atoms with van der Waals surface area (Å²) in [5.41, 5.74) is 0.100. The zero-order valence-corrected chi connectivity index (χ0v) is 12.5. The molecule has 5 nitrogen and oxygen atoms in total. The van der Waals surface area contributed by atoms with Gasteiger partial charge in [0.05, 0.1) is 5.41 Å². The summed E-state index contributed by atoms with van der Waals surface area (Å²) in [6.45, 7) is 1.63. The van der Waals surface area contributed by atoms with Crippen molar-refractivity contribution in [2.75, 3.05) is 0 Å². The van der Waals surface area contributed by atoms with Crippen LogP contribution >= 0.6 is 0 Å². The molecule has 0 saturated carbocycles. The van der Waals surface area contributed by atoms with E-state index >= 15 is 0 Å². The fourth-order valence-electron chi connectivity index (χ4n) is 4.53. The maximum Gasteiger partial charge on any atom is 0.310 e. The summed E-state index contributed by atoms with van der Waals surface area (Å²) in [6.07, 6.45) is -0.0268. The molecule has 0 saturated heterocycles. The SMILES string of the molecule is CC1(C(=O)O)CC2([N+](=O)[O-])c3ccccc3C1c1ccccc12. The summed E-state index contributed by atoms with van der Waals surface area (Å²) in [7, 11) is 0. The van der Waals surface area contributed by atoms with Gasteiger partial charge in [-0.15, -0.1) is 0 Å². The fraction of sp³-hybridized carbons (Fsp3) is 0.278. The molecule has 5 rings (SSSR count). The lowest BCUT2D eigenvalue weighted by Crippen LogP contribution is -2.56. The average molecular weight is 309 g/mol. The second kappa shape index (κ2) is 4.19. The zero-order valence-electron chi connectivity index (χ0n) is 12.5. The summed E-state index contributed by atoms with van der Waals surface area (Å²) in [4.78, 5) is 23.9. The van der Waals surface area contributed by atoms with Crippen LogP contribution in [0.5, 0.6) is 0 Å². The second-order valence-corrected chi connectivity index (χ2v) is 6.62. The maximum atomic E-state index is 12.2. The van der Waals surface area contributed by atoms with Crippen molar-refractivity contribution >= 4 is 5.97 Å². The Morgan fingerprint density at radius 2 is 1.61 bits per heavy atom. The largest absolute Gasteiger partial charge is 0.481 e. The van der Waals surface area contributed by atoms with Gasteiger partial charge in [0.1, 0.15) is 0 Å². The van der Waals surface area contributed by atoms with E-state index in [9.17, 15) is 20.0 Å². The van der Waals surface area contributed by atoms with Crippen molar-refractivity contribution in [3.8, 4) is 0 Å². The lowest BCUT2D eigenvalue weighted by atomic mass is 9.50. The van der Waals surface area contributed by atoms with Crippen LogP contribution in [0.1, 0.15) is 41.5 Å². The molecule has 3 aliphatic rings. The highest BCUT2D eigenvalue weighted by Gasteiger charge is 2.67. The van der Waals surface area contributed by atoms with Gasteiger partial charge in [0.2, 0.25) is 0 Å². The van der Waals surface area contributed by atoms with Crippen molar-refractivity contribution in [3.05, 3.63) is 80.9 Å². The molecule has 2 aromatic carbocycles. The van der Waals surface area contributed by atoms with E-state index in [-0.39, 0.29) is 17.3 Å². The van der Waals surface area contributed by atoms with Crippen molar-refractivity contribution in [2.24, 2.45) is 5.41 Å². The molecule has 0 spiro atoms. The summed E-state index contributed by atoms with van der Waals surface area (Å²) in [5.74, 6) is -1.35. The number of nitrogens with zero attached hydrogens (tertiary/aromatic N) is 1. The first-order valence-corrected chi connectivity index (χ1v) is 7.49. The maximum absolute atomic E-state index is 12.2. The van der Waals surface area contributed by atoms with E-state index in [1.807, 2.05) is 24.3 Å². The molecule has 0 aliphatic heterocycles. The van der Waals surface area contributed by atoms with Crippen LogP contribution in [-0.2, 0) is 10.3 Å². The fourth-order valence-corrected chi connectivity index (χ4v) is 4.53. The van der Waals surface area contributed by atoms with E-state index < -0.39 is 16.9 Å². The average Bonchev–Trinajstić information content (AvgIpc) is 2.54. The van der Waals surface area contributed by atoms with Crippen molar-refractivity contribution in [3.63, 3.8) is 0 Å². The van der Waals surface area contributed by atoms with Crippen LogP contribution in [0.3, 0.4) is 0 Å². The predicted molar refractivity (Wildman–Crippen MR) is 82.9 cm³/mol. The molecule has 0 heterocycles. The third-order valence-electron chi connectivity index (χ3n) is 5.50. The van der Waals surface area contributed by atoms with Gasteiger partial charge in [0.25, 0.3) is 5.54 Å². The number of hydrogen-bond acceptors (Lipinski definition) is 3. The molecule has 1 atom stereocenters. The summed E-state index contributed by atoms with van der Waals surface area (Å²) in [5, 5.41) is 22.0. The minimum atomic E-state index is -1.49. The molecule has 0 radical (unpaired) electrons. The number of rotatable bonds is 2. The Kier molecular flexibility index (Phi) is 2.54. The summed E-state index contributed by atoms with van der Waals surface area (Å²) in [6, 6.07) is 14.4. The molecule has 0 amide bonds. The molecule has 3 aliphatic carbocycles. The number of carbonyl (C=O) groups is 1. The molecular weight excluding hydrogens is 294 g/mol. The van der Waals surface area contributed by atoms with Crippen LogP contribution in [0.2, 0.25) is 0 Å². The van der Waals surface area contributed by atoms with Crippen molar-refractivity contribution in [1.82, 2.24) is 0 Å². The zero-order chi connectivity index (χ0) is 16.4. The Morgan fingerprint density at radius 3 is 2.04 bits per heavy atom. The van der Waals surface area contributed by atoms with E-state index in [0.29, 0.717) is 11.1 Å². The number of fused-ring (bicyclic) bond motifs is 1. The van der Waals surface area contributed by atoms with Gasteiger partial charge in [-0.05, 0) is 18.1 Å². The van der Waals surface area contributed by atoms with Crippen LogP contribution < -0.4 is 0 Å². The first kappa shape index (κ1) is 13.9. The first-order valence-electron chi connectivity index (χ1n) is 7.49. The smallest absolute Gasteiger partial charge is 0.310 e. The quantitative estimate of drug-likeness (QED) is 0.682. The molecule has 1 unspecified atom stereocenters. The lowest BCUT2D eigenvalue weighted by molar-refractivity contribution is -0.573. The van der Waals surface area contributed by atoms with Crippen molar-refractivity contribution < 1.29 is 14.8 Å². The van der Waals surface area contributed by atoms with E-state index in [0.717, 1.165) is 11.1 Å². The lowest BCUT2D eigenvalue weighted by Gasteiger charge is -2.51. The van der Waals surface area contributed by atoms with Gasteiger partial charge in [-0.2, -0.15) is 0 Å². The molecule has 23 heavy (non-hydrogen) atoms. The number of carboxylic acid groups (broad SMARTS) is 1. The molecule has 0 aromatic heterocycles. The third-order valence-corrected chi connectivity index (χ3v) is 5.50. The highest BCUT2D eigenvalue weighted by molar-refractivity contribution is 5.80. The molecule has 5 heteroatoms. The van der Waals surface area contributed by atoms with E-state index in [2.05, 4.69) is 0 Å². The normalized spacial score (nSPS) is 30.4. The van der Waals surface area contributed by atoms with Crippen LogP contribution in [0, 0.1) is 15.5 Å². The molecule has 2 bridgehead atoms. The predicted octanol–water partition coefficient (Wildman–Crippen LogP) is 3.15. The van der Waals surface area contributed by atoms with Crippen molar-refractivity contribution in [1.29, 1.82) is 0 Å². The highest BCUT2D eigenvalue weighted by atomic mass is 16.6. The number of carboxylic acids is 1. The van der Waals surface area contributed by atoms with Crippen LogP contribution in [-0.4, -0.2) is 16.0 Å². The molecular formula is C18H15NO4. The van der Waals surface area contributed by atoms with Crippen LogP contribution in [0.15, 0.2) is 48.5 Å². The summed E-state index contributed by atoms with van der Waals surface area (Å²) >= 11 is 0. The minimum Gasteiger partial charge on any atom is -0.481 e. The Labute approximate surface area is 132 Å². The Bertz CT molecular complexity index is 812. The number of nitro groups is 1. The molecule has 2 aromatic rings. The highest BCUT2D eigenvalue weighted by Crippen LogP contribution is 2.63. The number of hydrogen-bond donors (Lipinski definition) is 1. The van der Waals surface area contributed by atoms with E-state index in [1.165, 1.54) is 0 Å². The van der Waals surface area contributed by atoms with E-state index in [1.54, 1.807) is 31.2 Å². The second-order valence-electron chi connectivity index (χ2n) is 6.62. The minimum absolute atomic E-state index is 0.0268. The van der Waals surface area contributed by atoms with Gasteiger partial charge in [-0.25, -0.2) is 0 Å². The standard InChI is InChI=1S/C18H15NO4/c1-17(16(20)21)10-18(19(22)23)13-8-4-2-6-11(13)15(17)12-7-3-5-9-14(12)18/h2-9,15H,10H2,1H3,(H,20,21). The third kappa shape index (κ3) is 1.44. The van der Waals surface area contributed by atoms with Gasteiger partial charge in [0.15, 0.2) is 0 Å². The summed E-state index contributed by atoms with van der Waals surface area (Å²) < 4.78 is 0. The Balaban J connectivity index is 2.18. The van der Waals surface area contributed by atoms with Crippen LogP contribution in [0.4, 0.5) is 0 Å². The van der Waals surface area contributed by atoms with E-state index in [4.69, 9.17) is 0 Å². The topological polar surface area (TPSA) is 80.4 Å². The van der Waals surface area contributed by atoms with Gasteiger partial charge < -0.3 is 5.11 Å². The van der Waals surface area contributed by atoms with Crippen LogP contribution in [0.25, 0.3) is 0 Å². The van der Waals surface area contributed by atoms with Crippen molar-refractivity contribution in [2.45, 2.75) is 24.8 Å². The van der Waals surface area contributed by atoms with Gasteiger partial charge >= 0.3 is 5.97 Å². The molecule has 1 N–H and O–H groups in total. The molecule has 0 fully saturated rings. The Hall–Kier alpha value is -2.69. The molecule has 116 valence electrons. The Morgan fingerprint density at radius 1 is 1.13 bits per heavy atom. The monoisotopic (exact) mass is 309 g/mol. The first-order chi connectivity index (χ1) is 10.9.